The average molecular weight is 393 g/mol. The smallest absolute Gasteiger partial charge is 0.481 e. The number of hydrogen-bond donors (Lipinski definition) is 3. The highest BCUT2D eigenvalue weighted by molar-refractivity contribution is 5.94. The van der Waals surface area contributed by atoms with E-state index in [1.54, 1.807) is 10.9 Å². The number of likely N-dealkylation sites (tertiary alicyclic amines) is 1. The van der Waals surface area contributed by atoms with E-state index in [0.717, 1.165) is 12.1 Å². The zero-order chi connectivity index (χ0) is 20.6. The van der Waals surface area contributed by atoms with E-state index in [9.17, 15) is 33.0 Å². The van der Waals surface area contributed by atoms with Gasteiger partial charge in [0.15, 0.2) is 0 Å². The Kier molecular flexibility index (Phi) is 5.23. The van der Waals surface area contributed by atoms with Crippen molar-refractivity contribution in [1.82, 2.24) is 14.7 Å². The molecule has 0 unspecified atom stereocenters. The molecule has 150 valence electrons. The van der Waals surface area contributed by atoms with Gasteiger partial charge < -0.3 is 15.3 Å². The van der Waals surface area contributed by atoms with Crippen molar-refractivity contribution in [2.75, 3.05) is 13.1 Å². The minimum atomic E-state index is -5.08. The lowest BCUT2D eigenvalue weighted by Crippen LogP contribution is -2.28. The first-order valence-electron chi connectivity index (χ1n) is 7.88. The van der Waals surface area contributed by atoms with E-state index in [0.29, 0.717) is 19.6 Å². The van der Waals surface area contributed by atoms with Crippen LogP contribution in [-0.2, 0) is 27.5 Å². The van der Waals surface area contributed by atoms with E-state index in [4.69, 9.17) is 9.90 Å². The van der Waals surface area contributed by atoms with Crippen molar-refractivity contribution in [3.63, 3.8) is 0 Å². The zero-order valence-electron chi connectivity index (χ0n) is 14.2. The molecule has 1 aliphatic carbocycles. The molecule has 0 amide bonds. The number of halogens is 3. The average Bonchev–Trinajstić information content (AvgIpc) is 2.88. The maximum Gasteiger partial charge on any atom is 0.490 e. The number of aliphatic carboxylic acids is 3. The molecule has 27 heavy (non-hydrogen) atoms. The Morgan fingerprint density at radius 2 is 1.63 bits per heavy atom. The van der Waals surface area contributed by atoms with Gasteiger partial charge in [-0.15, -0.1) is 0 Å². The lowest BCUT2D eigenvalue weighted by atomic mass is 9.97. The quantitative estimate of drug-likeness (QED) is 0.672. The van der Waals surface area contributed by atoms with Crippen molar-refractivity contribution in [1.29, 1.82) is 0 Å². The van der Waals surface area contributed by atoms with Crippen LogP contribution in [0.1, 0.15) is 18.9 Å². The summed E-state index contributed by atoms with van der Waals surface area (Å²) >= 11 is 0. The SMILES string of the molecule is CCn1cc(CN2C[C@@]3(C(=O)O)C[C@@]3(C(=O)O)C2)cn1.O=C(O)C(F)(F)F. The molecule has 12 heteroatoms. The third kappa shape index (κ3) is 3.75. The van der Waals surface area contributed by atoms with Crippen LogP contribution >= 0.6 is 0 Å². The van der Waals surface area contributed by atoms with E-state index < -0.39 is 34.9 Å². The molecule has 1 saturated heterocycles. The van der Waals surface area contributed by atoms with Crippen molar-refractivity contribution in [3.05, 3.63) is 18.0 Å². The lowest BCUT2D eigenvalue weighted by Gasteiger charge is -2.18. The van der Waals surface area contributed by atoms with Gasteiger partial charge in [-0.25, -0.2) is 4.79 Å². The Bertz CT molecular complexity index is 736. The summed E-state index contributed by atoms with van der Waals surface area (Å²) in [5, 5.41) is 30.0. The molecule has 9 nitrogen and oxygen atoms in total. The molecule has 2 heterocycles. The predicted molar refractivity (Wildman–Crippen MR) is 81.6 cm³/mol. The molecule has 1 aromatic heterocycles. The highest BCUT2D eigenvalue weighted by Gasteiger charge is 2.80. The van der Waals surface area contributed by atoms with Crippen LogP contribution in [0.4, 0.5) is 13.2 Å². The molecule has 1 saturated carbocycles. The first kappa shape index (κ1) is 20.7. The van der Waals surface area contributed by atoms with Gasteiger partial charge in [-0.2, -0.15) is 18.3 Å². The van der Waals surface area contributed by atoms with Crippen LogP contribution in [0.5, 0.6) is 0 Å². The molecule has 3 N–H and O–H groups in total. The molecule has 2 fully saturated rings. The molecule has 3 rings (SSSR count). The number of nitrogens with zero attached hydrogens (tertiary/aromatic N) is 3. The Morgan fingerprint density at radius 3 is 1.96 bits per heavy atom. The molecule has 1 aromatic rings. The Morgan fingerprint density at radius 1 is 1.15 bits per heavy atom. The first-order valence-corrected chi connectivity index (χ1v) is 7.88. The summed E-state index contributed by atoms with van der Waals surface area (Å²) in [6, 6.07) is 0. The standard InChI is InChI=1S/C13H17N3O4.C2HF3O2/c1-2-16-5-9(3-14-16)4-15-7-12(10(17)18)6-13(12,8-15)11(19)20;3-2(4,5)1(6)7/h3,5H,2,4,6-8H2,1H3,(H,17,18)(H,19,20);(H,6,7)/t12-,13+;. The van der Waals surface area contributed by atoms with Gasteiger partial charge in [0.05, 0.1) is 17.0 Å². The number of carboxylic acids is 3. The fourth-order valence-corrected chi connectivity index (χ4v) is 3.43. The van der Waals surface area contributed by atoms with Crippen molar-refractivity contribution in [2.45, 2.75) is 32.6 Å². The summed E-state index contributed by atoms with van der Waals surface area (Å²) in [4.78, 5) is 33.6. The van der Waals surface area contributed by atoms with Crippen molar-refractivity contribution in [3.8, 4) is 0 Å². The maximum atomic E-state index is 11.4. The third-order valence-electron chi connectivity index (χ3n) is 4.86. The Balaban J connectivity index is 0.000000321. The van der Waals surface area contributed by atoms with Gasteiger partial charge in [-0.1, -0.05) is 0 Å². The molecule has 0 aromatic carbocycles. The monoisotopic (exact) mass is 393 g/mol. The first-order chi connectivity index (χ1) is 12.4. The normalized spacial score (nSPS) is 26.7. The van der Waals surface area contributed by atoms with E-state index in [2.05, 4.69) is 5.10 Å². The number of piperidine rings is 1. The van der Waals surface area contributed by atoms with E-state index in [-0.39, 0.29) is 6.42 Å². The minimum absolute atomic E-state index is 0.245. The molecule has 1 aliphatic heterocycles. The lowest BCUT2D eigenvalue weighted by molar-refractivity contribution is -0.192. The van der Waals surface area contributed by atoms with Gasteiger partial charge in [0.1, 0.15) is 0 Å². The molecular weight excluding hydrogens is 375 g/mol. The van der Waals surface area contributed by atoms with Gasteiger partial charge in [-0.3, -0.25) is 19.2 Å². The van der Waals surface area contributed by atoms with E-state index >= 15 is 0 Å². The molecule has 0 bridgehead atoms. The number of alkyl halides is 3. The minimum Gasteiger partial charge on any atom is -0.481 e. The predicted octanol–water partition coefficient (Wildman–Crippen LogP) is 0.898. The van der Waals surface area contributed by atoms with Crippen LogP contribution in [0, 0.1) is 10.8 Å². The van der Waals surface area contributed by atoms with Gasteiger partial charge >= 0.3 is 24.1 Å². The number of carboxylic acid groups (broad SMARTS) is 3. The zero-order valence-corrected chi connectivity index (χ0v) is 14.2. The van der Waals surface area contributed by atoms with Crippen molar-refractivity contribution >= 4 is 17.9 Å². The number of fused-ring (bicyclic) bond motifs is 1. The fourth-order valence-electron chi connectivity index (χ4n) is 3.43. The van der Waals surface area contributed by atoms with Crippen LogP contribution in [0.15, 0.2) is 12.4 Å². The molecular formula is C15H18F3N3O6. The van der Waals surface area contributed by atoms with Gasteiger partial charge in [0, 0.05) is 37.9 Å². The number of carbonyl (C=O) groups is 3. The highest BCUT2D eigenvalue weighted by Crippen LogP contribution is 2.68. The molecule has 0 radical (unpaired) electrons. The number of hydrogen-bond acceptors (Lipinski definition) is 5. The summed E-state index contributed by atoms with van der Waals surface area (Å²) in [6.45, 7) is 3.90. The molecule has 2 atom stereocenters. The van der Waals surface area contributed by atoms with Crippen LogP contribution in [0.3, 0.4) is 0 Å². The second-order valence-corrected chi connectivity index (χ2v) is 6.60. The van der Waals surface area contributed by atoms with Crippen molar-refractivity contribution in [2.24, 2.45) is 10.8 Å². The second kappa shape index (κ2) is 6.83. The van der Waals surface area contributed by atoms with Gasteiger partial charge in [-0.05, 0) is 13.3 Å². The summed E-state index contributed by atoms with van der Waals surface area (Å²) < 4.78 is 33.5. The van der Waals surface area contributed by atoms with Gasteiger partial charge in [0.25, 0.3) is 0 Å². The highest BCUT2D eigenvalue weighted by atomic mass is 19.4. The van der Waals surface area contributed by atoms with Crippen LogP contribution < -0.4 is 0 Å². The maximum absolute atomic E-state index is 11.4. The summed E-state index contributed by atoms with van der Waals surface area (Å²) in [5.74, 6) is -4.74. The largest absolute Gasteiger partial charge is 0.490 e. The van der Waals surface area contributed by atoms with Gasteiger partial charge in [0.2, 0.25) is 0 Å². The number of aryl methyl sites for hydroxylation is 1. The Labute approximate surface area is 151 Å². The fraction of sp³-hybridized carbons (Fsp3) is 0.600. The van der Waals surface area contributed by atoms with Crippen LogP contribution in [0.2, 0.25) is 0 Å². The van der Waals surface area contributed by atoms with E-state index in [1.807, 2.05) is 18.0 Å². The number of aromatic nitrogens is 2. The summed E-state index contributed by atoms with van der Waals surface area (Å²) in [5.41, 5.74) is -1.21. The third-order valence-corrected chi connectivity index (χ3v) is 4.86. The summed E-state index contributed by atoms with van der Waals surface area (Å²) in [6.07, 6.45) is -1.19. The topological polar surface area (TPSA) is 133 Å². The van der Waals surface area contributed by atoms with Crippen LogP contribution in [0.25, 0.3) is 0 Å². The van der Waals surface area contributed by atoms with Crippen LogP contribution in [-0.4, -0.2) is 67.2 Å². The van der Waals surface area contributed by atoms with E-state index in [1.165, 1.54) is 0 Å². The number of rotatable bonds is 5. The summed E-state index contributed by atoms with van der Waals surface area (Å²) in [7, 11) is 0. The molecule has 0 spiro atoms. The van der Waals surface area contributed by atoms with Crippen molar-refractivity contribution < 1.29 is 42.9 Å². The Hall–Kier alpha value is -2.63. The second-order valence-electron chi connectivity index (χ2n) is 6.60. The molecule has 2 aliphatic rings.